The molecule has 1 aliphatic carbocycles. The lowest BCUT2D eigenvalue weighted by Gasteiger charge is -2.18. The van der Waals surface area contributed by atoms with Gasteiger partial charge in [0.2, 0.25) is 0 Å². The lowest BCUT2D eigenvalue weighted by Crippen LogP contribution is -2.30. The molecule has 4 atom stereocenters. The molecule has 1 saturated carbocycles. The molecular weight excluding hydrogens is 1420 g/mol. The van der Waals surface area contributed by atoms with Crippen molar-refractivity contribution < 1.29 is 41.9 Å². The van der Waals surface area contributed by atoms with Gasteiger partial charge in [-0.1, -0.05) is 157 Å². The van der Waals surface area contributed by atoms with Gasteiger partial charge in [-0.05, 0) is 203 Å². The van der Waals surface area contributed by atoms with Crippen molar-refractivity contribution in [3.63, 3.8) is 0 Å². The number of rotatable bonds is 17. The van der Waals surface area contributed by atoms with Gasteiger partial charge in [0.1, 0.15) is 34.2 Å². The Kier molecular flexibility index (Phi) is 24.6. The Balaban J connectivity index is 0.000000129. The van der Waals surface area contributed by atoms with Crippen LogP contribution in [0.3, 0.4) is 0 Å². The second-order valence-electron chi connectivity index (χ2n) is 27.7. The number of halogens is 4. The molecule has 0 bridgehead atoms. The average molecular weight is 1510 g/mol. The van der Waals surface area contributed by atoms with Gasteiger partial charge in [-0.2, -0.15) is 13.2 Å². The predicted octanol–water partition coefficient (Wildman–Crippen LogP) is 20.1. The molecule has 10 N–H and O–H groups in total. The molecule has 9 aromatic carbocycles. The number of benzene rings is 9. The average Bonchev–Trinajstić information content (AvgIpc) is 1.72. The molecule has 0 radical (unpaired) electrons. The standard InChI is InChI=1S/C20H20N2O2.C18H15F3N2O.C18H21N3O.C17H15ClN2O.C17H16N2O/c1-24-16-10-8-14(9-11-16)19(13-6-7-13)22-20(23)18-12-15-4-2-3-5-17(15)21-18;1-11(12-6-8-14(9-7-12)18(19,20)21)22-17(24)16-10-13-4-2-3-5-15(13)23-16;1-11-7-12(2)15-9-17(20-16(15)8-11)18(22)19-10-14-6-5-13(3)21(14)4;1-11(12-6-8-14(18)9-7-12)19-17(21)16-10-13-4-2-3-5-15(13)20-16;1-12(13-7-3-2-4-8-13)18-17(20)16-11-14-9-5-6-10-15(14)19-16/h2-5,8-13,19,21H,6-7H2,1H3,(H,22,23);2-11,23H,1H3,(H,22,24);5-9,20H,10H2,1-4H3,(H,19,22);2-11,20H,1H3,(H,19,21);2-12,19H,1H3,(H,18,20). The lowest BCUT2D eigenvalue weighted by molar-refractivity contribution is -0.137. The largest absolute Gasteiger partial charge is 0.497 e. The number of carbonyl (C=O) groups is 5. The summed E-state index contributed by atoms with van der Waals surface area (Å²) in [4.78, 5) is 77.6. The number of methoxy groups -OCH3 is 1. The highest BCUT2D eigenvalue weighted by atomic mass is 35.5. The minimum absolute atomic E-state index is 0.0184. The van der Waals surface area contributed by atoms with Crippen LogP contribution in [0.2, 0.25) is 5.02 Å². The van der Waals surface area contributed by atoms with Gasteiger partial charge in [0, 0.05) is 78.0 Å². The number of aromatic amines is 5. The first-order valence-corrected chi connectivity index (χ1v) is 36.9. The molecule has 1 fully saturated rings. The topological polar surface area (TPSA) is 239 Å². The highest BCUT2D eigenvalue weighted by Crippen LogP contribution is 2.42. The Hall–Kier alpha value is -12.8. The van der Waals surface area contributed by atoms with E-state index in [4.69, 9.17) is 16.3 Å². The van der Waals surface area contributed by atoms with Gasteiger partial charge in [0.25, 0.3) is 29.5 Å². The summed E-state index contributed by atoms with van der Waals surface area (Å²) in [6, 6.07) is 78.4. The highest BCUT2D eigenvalue weighted by molar-refractivity contribution is 6.30. The van der Waals surface area contributed by atoms with Crippen molar-refractivity contribution in [2.24, 2.45) is 13.0 Å². The Bertz CT molecular complexity index is 5600. The van der Waals surface area contributed by atoms with Crippen LogP contribution in [0.25, 0.3) is 54.5 Å². The van der Waals surface area contributed by atoms with Crippen LogP contribution in [0.15, 0.2) is 255 Å². The van der Waals surface area contributed by atoms with Crippen molar-refractivity contribution >= 4 is 95.7 Å². The number of nitrogens with zero attached hydrogens (tertiary/aromatic N) is 1. The number of carbonyl (C=O) groups excluding carboxylic acids is 5. The number of hydrogen-bond donors (Lipinski definition) is 10. The van der Waals surface area contributed by atoms with E-state index >= 15 is 0 Å². The van der Waals surface area contributed by atoms with E-state index in [0.29, 0.717) is 51.5 Å². The predicted molar refractivity (Wildman–Crippen MR) is 435 cm³/mol. The Labute approximate surface area is 645 Å². The fraction of sp³-hybridized carbons (Fsp3) is 0.189. The maximum absolute atomic E-state index is 12.7. The van der Waals surface area contributed by atoms with Crippen LogP contribution in [-0.2, 0) is 19.8 Å². The number of para-hydroxylation sites is 4. The first-order chi connectivity index (χ1) is 53.4. The number of hydrogen-bond acceptors (Lipinski definition) is 6. The Morgan fingerprint density at radius 3 is 1.24 bits per heavy atom. The van der Waals surface area contributed by atoms with E-state index in [2.05, 4.69) is 88.1 Å². The van der Waals surface area contributed by atoms with Crippen molar-refractivity contribution in [2.75, 3.05) is 7.11 Å². The monoisotopic (exact) mass is 1510 g/mol. The summed E-state index contributed by atoms with van der Waals surface area (Å²) in [6.07, 6.45) is -2.05. The molecule has 0 saturated heterocycles. The van der Waals surface area contributed by atoms with Crippen LogP contribution < -0.4 is 31.3 Å². The number of H-pyrrole nitrogens is 5. The van der Waals surface area contributed by atoms with Crippen molar-refractivity contribution in [3.05, 3.63) is 339 Å². The van der Waals surface area contributed by atoms with E-state index in [0.717, 1.165) is 108 Å². The molecule has 566 valence electrons. The van der Waals surface area contributed by atoms with E-state index < -0.39 is 17.8 Å². The van der Waals surface area contributed by atoms with Crippen LogP contribution in [0.1, 0.15) is 161 Å². The molecule has 4 unspecified atom stereocenters. The van der Waals surface area contributed by atoms with Gasteiger partial charge < -0.3 is 60.8 Å². The van der Waals surface area contributed by atoms with Crippen LogP contribution in [0, 0.1) is 26.7 Å². The SMILES string of the molecule is CC(NC(=O)c1cc2ccccc2[nH]1)c1ccc(C(F)(F)F)cc1.CC(NC(=O)c1cc2ccccc2[nH]1)c1ccc(Cl)cc1.CC(NC(=O)c1cc2ccccc2[nH]1)c1ccccc1.COc1ccc(C(NC(=O)c2cc3ccccc3[nH]2)C2CC2)cc1.Cc1cc(C)c2cc(C(=O)NCc3ccc(C)n3C)[nH]c2c1. The molecule has 5 amide bonds. The van der Waals surface area contributed by atoms with Crippen molar-refractivity contribution in [1.82, 2.24) is 56.1 Å². The third-order valence-electron chi connectivity index (χ3n) is 19.6. The van der Waals surface area contributed by atoms with Gasteiger partial charge >= 0.3 is 6.18 Å². The van der Waals surface area contributed by atoms with Crippen LogP contribution >= 0.6 is 11.6 Å². The summed E-state index contributed by atoms with van der Waals surface area (Å²) in [7, 11) is 3.66. The number of aryl methyl sites for hydroxylation is 3. The molecule has 17 nitrogen and oxygen atoms in total. The Morgan fingerprint density at radius 2 is 0.838 bits per heavy atom. The zero-order valence-electron chi connectivity index (χ0n) is 62.7. The maximum Gasteiger partial charge on any atom is 0.416 e. The third kappa shape index (κ3) is 19.9. The normalized spacial score (nSPS) is 12.8. The molecule has 0 spiro atoms. The maximum atomic E-state index is 12.7. The van der Waals surface area contributed by atoms with Gasteiger partial charge in [-0.15, -0.1) is 0 Å². The minimum Gasteiger partial charge on any atom is -0.497 e. The molecule has 15 aromatic rings. The number of amides is 5. The number of fused-ring (bicyclic) bond motifs is 5. The fourth-order valence-corrected chi connectivity index (χ4v) is 13.2. The van der Waals surface area contributed by atoms with Crippen LogP contribution in [0.5, 0.6) is 5.75 Å². The highest BCUT2D eigenvalue weighted by Gasteiger charge is 2.34. The summed E-state index contributed by atoms with van der Waals surface area (Å²) >= 11 is 5.87. The smallest absolute Gasteiger partial charge is 0.416 e. The molecule has 16 rings (SSSR count). The number of nitrogens with one attached hydrogen (secondary N) is 10. The van der Waals surface area contributed by atoms with Gasteiger partial charge in [0.15, 0.2) is 0 Å². The molecule has 6 aromatic heterocycles. The van der Waals surface area contributed by atoms with E-state index in [1.807, 2.05) is 234 Å². The van der Waals surface area contributed by atoms with Crippen molar-refractivity contribution in [1.29, 1.82) is 0 Å². The van der Waals surface area contributed by atoms with Gasteiger partial charge in [-0.3, -0.25) is 24.0 Å². The van der Waals surface area contributed by atoms with Crippen molar-refractivity contribution in [3.8, 4) is 5.75 Å². The molecular formula is C90H87ClF3N11O6. The van der Waals surface area contributed by atoms with Gasteiger partial charge in [-0.25, -0.2) is 0 Å². The summed E-state index contributed by atoms with van der Waals surface area (Å²) in [5.41, 5.74) is 15.3. The first kappa shape index (κ1) is 77.8. The summed E-state index contributed by atoms with van der Waals surface area (Å²) in [6.45, 7) is 12.4. The second-order valence-corrected chi connectivity index (χ2v) is 28.2. The molecule has 1 aliphatic rings. The van der Waals surface area contributed by atoms with Crippen molar-refractivity contribution in [2.45, 2.75) is 91.3 Å². The first-order valence-electron chi connectivity index (χ1n) is 36.6. The van der Waals surface area contributed by atoms with E-state index in [-0.39, 0.29) is 47.7 Å². The molecule has 21 heteroatoms. The van der Waals surface area contributed by atoms with E-state index in [1.54, 1.807) is 20.1 Å². The van der Waals surface area contributed by atoms with E-state index in [9.17, 15) is 37.1 Å². The summed E-state index contributed by atoms with van der Waals surface area (Å²) in [5.74, 6) is 0.706. The second kappa shape index (κ2) is 35.0. The zero-order chi connectivity index (χ0) is 78.5. The zero-order valence-corrected chi connectivity index (χ0v) is 63.4. The van der Waals surface area contributed by atoms with Gasteiger partial charge in [0.05, 0.1) is 43.4 Å². The summed E-state index contributed by atoms with van der Waals surface area (Å²) in [5, 5.41) is 20.8. The summed E-state index contributed by atoms with van der Waals surface area (Å²) < 4.78 is 45.0. The molecule has 0 aliphatic heterocycles. The fourth-order valence-electron chi connectivity index (χ4n) is 13.1. The molecule has 111 heavy (non-hydrogen) atoms. The molecule has 6 heterocycles. The Morgan fingerprint density at radius 1 is 0.450 bits per heavy atom. The number of ether oxygens (including phenoxy) is 1. The van der Waals surface area contributed by atoms with E-state index in [1.165, 1.54) is 29.0 Å². The number of aromatic nitrogens is 6. The third-order valence-corrected chi connectivity index (χ3v) is 19.9. The quantitative estimate of drug-likeness (QED) is 0.0425. The van der Waals surface area contributed by atoms with Crippen LogP contribution in [-0.4, -0.2) is 66.1 Å². The lowest BCUT2D eigenvalue weighted by atomic mass is 10.0. The number of alkyl halides is 3. The van der Waals surface area contributed by atoms with Crippen LogP contribution in [0.4, 0.5) is 13.2 Å². The minimum atomic E-state index is -4.37.